The maximum atomic E-state index is 9.26. The van der Waals surface area contributed by atoms with E-state index >= 15 is 0 Å². The topological polar surface area (TPSA) is 73.1 Å². The van der Waals surface area contributed by atoms with Crippen molar-refractivity contribution in [2.75, 3.05) is 6.61 Å². The van der Waals surface area contributed by atoms with Crippen LogP contribution >= 0.6 is 0 Å². The number of aliphatic hydroxyl groups excluding tert-OH is 1. The molecule has 0 atom stereocenters. The van der Waals surface area contributed by atoms with Crippen LogP contribution in [0, 0.1) is 0 Å². The molecule has 0 unspecified atom stereocenters. The molecule has 28 heavy (non-hydrogen) atoms. The Morgan fingerprint density at radius 2 is 1.71 bits per heavy atom. The maximum Gasteiger partial charge on any atom is 0.130 e. The highest BCUT2D eigenvalue weighted by Gasteiger charge is 2.13. The molecule has 0 saturated carbocycles. The van der Waals surface area contributed by atoms with Gasteiger partial charge in [0.25, 0.3) is 0 Å². The van der Waals surface area contributed by atoms with Gasteiger partial charge in [-0.15, -0.1) is 0 Å². The minimum Gasteiger partial charge on any atom is -0.487 e. The van der Waals surface area contributed by atoms with Gasteiger partial charge < -0.3 is 9.84 Å². The zero-order chi connectivity index (χ0) is 19.2. The molecule has 0 spiro atoms. The van der Waals surface area contributed by atoms with Gasteiger partial charge in [-0.25, -0.2) is 0 Å². The van der Waals surface area contributed by atoms with E-state index in [1.54, 1.807) is 23.3 Å². The van der Waals surface area contributed by atoms with Crippen molar-refractivity contribution in [3.8, 4) is 28.1 Å². The molecule has 0 aliphatic rings. The molecular formula is C22H20N4O2. The Morgan fingerprint density at radius 1 is 0.893 bits per heavy atom. The van der Waals surface area contributed by atoms with Crippen molar-refractivity contribution in [1.82, 2.24) is 19.7 Å². The SMILES string of the molecule is OCCn1cc(-c2ccncc2)c(-c2ccc(OCc3ccccn3)cc2)n1. The highest BCUT2D eigenvalue weighted by Crippen LogP contribution is 2.31. The Bertz CT molecular complexity index is 1020. The summed E-state index contributed by atoms with van der Waals surface area (Å²) in [5, 5.41) is 13.9. The van der Waals surface area contributed by atoms with Crippen LogP contribution < -0.4 is 4.74 Å². The van der Waals surface area contributed by atoms with Crippen LogP contribution in [-0.4, -0.2) is 31.5 Å². The molecule has 0 radical (unpaired) electrons. The van der Waals surface area contributed by atoms with E-state index in [1.165, 1.54) is 0 Å². The summed E-state index contributed by atoms with van der Waals surface area (Å²) in [5.41, 5.74) is 4.75. The van der Waals surface area contributed by atoms with Crippen LogP contribution in [-0.2, 0) is 13.2 Å². The first-order valence-electron chi connectivity index (χ1n) is 9.05. The molecule has 1 aromatic carbocycles. The molecule has 3 aromatic heterocycles. The van der Waals surface area contributed by atoms with Crippen molar-refractivity contribution >= 4 is 0 Å². The molecule has 0 aliphatic heterocycles. The van der Waals surface area contributed by atoms with Gasteiger partial charge in [-0.2, -0.15) is 5.10 Å². The van der Waals surface area contributed by atoms with Crippen LogP contribution in [0.1, 0.15) is 5.69 Å². The monoisotopic (exact) mass is 372 g/mol. The van der Waals surface area contributed by atoms with Gasteiger partial charge in [-0.1, -0.05) is 6.07 Å². The van der Waals surface area contributed by atoms with Crippen molar-refractivity contribution < 1.29 is 9.84 Å². The molecular weight excluding hydrogens is 352 g/mol. The molecule has 0 saturated heterocycles. The second kappa shape index (κ2) is 8.45. The van der Waals surface area contributed by atoms with Crippen molar-refractivity contribution in [2.45, 2.75) is 13.2 Å². The first kappa shape index (κ1) is 17.9. The van der Waals surface area contributed by atoms with E-state index in [0.29, 0.717) is 13.2 Å². The molecule has 0 amide bonds. The highest BCUT2D eigenvalue weighted by molar-refractivity contribution is 5.80. The largest absolute Gasteiger partial charge is 0.487 e. The predicted molar refractivity (Wildman–Crippen MR) is 107 cm³/mol. The van der Waals surface area contributed by atoms with Gasteiger partial charge in [0, 0.05) is 35.9 Å². The Hall–Kier alpha value is -3.51. The van der Waals surface area contributed by atoms with E-state index in [4.69, 9.17) is 4.74 Å². The Morgan fingerprint density at radius 3 is 2.43 bits per heavy atom. The number of aliphatic hydroxyl groups is 1. The zero-order valence-corrected chi connectivity index (χ0v) is 15.3. The average molecular weight is 372 g/mol. The average Bonchev–Trinajstić information content (AvgIpc) is 3.18. The molecule has 6 nitrogen and oxygen atoms in total. The fourth-order valence-electron chi connectivity index (χ4n) is 2.94. The smallest absolute Gasteiger partial charge is 0.130 e. The second-order valence-electron chi connectivity index (χ2n) is 6.25. The fourth-order valence-corrected chi connectivity index (χ4v) is 2.94. The van der Waals surface area contributed by atoms with E-state index < -0.39 is 0 Å². The molecule has 140 valence electrons. The number of hydrogen-bond acceptors (Lipinski definition) is 5. The Kier molecular flexibility index (Phi) is 5.40. The van der Waals surface area contributed by atoms with Crippen LogP contribution in [0.5, 0.6) is 5.75 Å². The molecule has 6 heteroatoms. The minimum atomic E-state index is 0.0389. The second-order valence-corrected chi connectivity index (χ2v) is 6.25. The van der Waals surface area contributed by atoms with Gasteiger partial charge in [0.2, 0.25) is 0 Å². The fraction of sp³-hybridized carbons (Fsp3) is 0.136. The number of ether oxygens (including phenoxy) is 1. The van der Waals surface area contributed by atoms with Crippen LogP contribution in [0.15, 0.2) is 79.4 Å². The van der Waals surface area contributed by atoms with Crippen LogP contribution in [0.4, 0.5) is 0 Å². The maximum absolute atomic E-state index is 9.26. The van der Waals surface area contributed by atoms with Gasteiger partial charge in [0.1, 0.15) is 18.1 Å². The van der Waals surface area contributed by atoms with Crippen molar-refractivity contribution in [2.24, 2.45) is 0 Å². The van der Waals surface area contributed by atoms with Gasteiger partial charge in [0.15, 0.2) is 0 Å². The summed E-state index contributed by atoms with van der Waals surface area (Å²) in [4.78, 5) is 8.35. The first-order chi connectivity index (χ1) is 13.8. The zero-order valence-electron chi connectivity index (χ0n) is 15.3. The van der Waals surface area contributed by atoms with E-state index in [2.05, 4.69) is 15.1 Å². The number of aromatic nitrogens is 4. The van der Waals surface area contributed by atoms with Gasteiger partial charge in [-0.05, 0) is 54.1 Å². The molecule has 1 N–H and O–H groups in total. The normalized spacial score (nSPS) is 10.8. The number of hydrogen-bond donors (Lipinski definition) is 1. The lowest BCUT2D eigenvalue weighted by Gasteiger charge is -2.07. The number of rotatable bonds is 7. The third-order valence-corrected chi connectivity index (χ3v) is 4.32. The summed E-state index contributed by atoms with van der Waals surface area (Å²) in [7, 11) is 0. The quantitative estimate of drug-likeness (QED) is 0.537. The van der Waals surface area contributed by atoms with E-state index in [-0.39, 0.29) is 6.61 Å². The third-order valence-electron chi connectivity index (χ3n) is 4.32. The van der Waals surface area contributed by atoms with Gasteiger partial charge in [0.05, 0.1) is 18.8 Å². The Balaban J connectivity index is 1.58. The van der Waals surface area contributed by atoms with E-state index in [1.807, 2.05) is 60.8 Å². The van der Waals surface area contributed by atoms with E-state index in [9.17, 15) is 5.11 Å². The van der Waals surface area contributed by atoms with Crippen molar-refractivity contribution in [3.63, 3.8) is 0 Å². The third kappa shape index (κ3) is 4.07. The van der Waals surface area contributed by atoms with Crippen LogP contribution in [0.3, 0.4) is 0 Å². The van der Waals surface area contributed by atoms with Crippen LogP contribution in [0.25, 0.3) is 22.4 Å². The molecule has 0 bridgehead atoms. The summed E-state index contributed by atoms with van der Waals surface area (Å²) in [5.74, 6) is 0.773. The number of benzene rings is 1. The van der Waals surface area contributed by atoms with Crippen molar-refractivity contribution in [3.05, 3.63) is 85.1 Å². The Labute approximate surface area is 163 Å². The van der Waals surface area contributed by atoms with Crippen molar-refractivity contribution in [1.29, 1.82) is 0 Å². The lowest BCUT2D eigenvalue weighted by molar-refractivity contribution is 0.269. The predicted octanol–water partition coefficient (Wildman–Crippen LogP) is 3.58. The first-order valence-corrected chi connectivity index (χ1v) is 9.05. The lowest BCUT2D eigenvalue weighted by atomic mass is 10.0. The molecule has 4 rings (SSSR count). The highest BCUT2D eigenvalue weighted by atomic mass is 16.5. The number of pyridine rings is 2. The summed E-state index contributed by atoms with van der Waals surface area (Å²) in [6.07, 6.45) is 7.23. The summed E-state index contributed by atoms with van der Waals surface area (Å²) < 4.78 is 7.57. The van der Waals surface area contributed by atoms with Gasteiger partial charge in [-0.3, -0.25) is 14.6 Å². The van der Waals surface area contributed by atoms with Gasteiger partial charge >= 0.3 is 0 Å². The van der Waals surface area contributed by atoms with Crippen LogP contribution in [0.2, 0.25) is 0 Å². The summed E-state index contributed by atoms with van der Waals surface area (Å²) >= 11 is 0. The minimum absolute atomic E-state index is 0.0389. The molecule has 3 heterocycles. The number of nitrogens with zero attached hydrogens (tertiary/aromatic N) is 4. The molecule has 4 aromatic rings. The lowest BCUT2D eigenvalue weighted by Crippen LogP contribution is -2.02. The molecule has 0 fully saturated rings. The molecule has 0 aliphatic carbocycles. The standard InChI is InChI=1S/C22H20N4O2/c27-14-13-26-15-21(17-8-11-23-12-9-17)22(25-26)18-4-6-20(7-5-18)28-16-19-3-1-2-10-24-19/h1-12,15,27H,13-14,16H2. The summed E-state index contributed by atoms with van der Waals surface area (Å²) in [6.45, 7) is 0.911. The van der Waals surface area contributed by atoms with E-state index in [0.717, 1.165) is 33.8 Å². The summed E-state index contributed by atoms with van der Waals surface area (Å²) in [6, 6.07) is 17.5.